The van der Waals surface area contributed by atoms with Crippen LogP contribution in [-0.4, -0.2) is 6.01 Å². The highest BCUT2D eigenvalue weighted by molar-refractivity contribution is 5.45. The van der Waals surface area contributed by atoms with Crippen molar-refractivity contribution in [1.29, 1.82) is 0 Å². The van der Waals surface area contributed by atoms with E-state index in [1.54, 1.807) is 6.20 Å². The lowest BCUT2D eigenvalue weighted by molar-refractivity contribution is 0.492. The Morgan fingerprint density at radius 1 is 1.50 bits per heavy atom. The molecule has 0 aliphatic carbocycles. The molecule has 0 unspecified atom stereocenters. The standard InChI is InChI=1S/C7H11N3/c1-7(2,3)6-4-9-10-5-8-6/h4,9H,1-3H3. The van der Waals surface area contributed by atoms with E-state index in [0.29, 0.717) is 0 Å². The highest BCUT2D eigenvalue weighted by Crippen LogP contribution is 2.25. The van der Waals surface area contributed by atoms with Crippen molar-refractivity contribution in [1.82, 2.24) is 5.43 Å². The SMILES string of the molecule is CC(C)(C)C1=CNN=C=N1. The average molecular weight is 137 g/mol. The second-order valence-corrected chi connectivity index (χ2v) is 3.23. The van der Waals surface area contributed by atoms with Gasteiger partial charge in [-0.25, -0.2) is 0 Å². The third kappa shape index (κ3) is 1.45. The normalized spacial score (nSPS) is 16.5. The van der Waals surface area contributed by atoms with Crippen molar-refractivity contribution in [3.05, 3.63) is 11.9 Å². The molecule has 1 rings (SSSR count). The fourth-order valence-electron chi connectivity index (χ4n) is 0.618. The summed E-state index contributed by atoms with van der Waals surface area (Å²) in [6.45, 7) is 6.28. The Bertz CT molecular complexity index is 213. The van der Waals surface area contributed by atoms with Gasteiger partial charge in [0.1, 0.15) is 6.01 Å². The lowest BCUT2D eigenvalue weighted by Gasteiger charge is -2.18. The van der Waals surface area contributed by atoms with Crippen molar-refractivity contribution >= 4 is 6.01 Å². The van der Waals surface area contributed by atoms with Gasteiger partial charge in [0.15, 0.2) is 0 Å². The molecule has 0 spiro atoms. The lowest BCUT2D eigenvalue weighted by atomic mass is 9.93. The van der Waals surface area contributed by atoms with E-state index in [-0.39, 0.29) is 5.41 Å². The zero-order valence-electron chi connectivity index (χ0n) is 6.47. The predicted molar refractivity (Wildman–Crippen MR) is 40.5 cm³/mol. The molecule has 0 aromatic carbocycles. The highest BCUT2D eigenvalue weighted by atomic mass is 15.3. The number of hydrogen-bond donors (Lipinski definition) is 1. The van der Waals surface area contributed by atoms with Crippen LogP contribution in [0.15, 0.2) is 22.0 Å². The van der Waals surface area contributed by atoms with Crippen LogP contribution in [0.5, 0.6) is 0 Å². The maximum atomic E-state index is 3.98. The first kappa shape index (κ1) is 7.03. The van der Waals surface area contributed by atoms with Crippen molar-refractivity contribution in [3.63, 3.8) is 0 Å². The van der Waals surface area contributed by atoms with E-state index in [1.165, 1.54) is 0 Å². The molecule has 1 heterocycles. The molecule has 3 heteroatoms. The third-order valence-corrected chi connectivity index (χ3v) is 1.25. The van der Waals surface area contributed by atoms with Crippen LogP contribution in [0.4, 0.5) is 0 Å². The molecular weight excluding hydrogens is 126 g/mol. The molecule has 10 heavy (non-hydrogen) atoms. The molecule has 3 nitrogen and oxygen atoms in total. The summed E-state index contributed by atoms with van der Waals surface area (Å²) >= 11 is 0. The second kappa shape index (κ2) is 2.27. The molecule has 0 radical (unpaired) electrons. The van der Waals surface area contributed by atoms with Crippen LogP contribution in [0.25, 0.3) is 0 Å². The van der Waals surface area contributed by atoms with E-state index in [0.717, 1.165) is 5.70 Å². The highest BCUT2D eigenvalue weighted by Gasteiger charge is 2.16. The van der Waals surface area contributed by atoms with Crippen LogP contribution in [0.1, 0.15) is 20.8 Å². The number of nitrogens with zero attached hydrogens (tertiary/aromatic N) is 2. The monoisotopic (exact) mass is 137 g/mol. The molecule has 0 amide bonds. The molecule has 0 saturated heterocycles. The fourth-order valence-corrected chi connectivity index (χ4v) is 0.618. The smallest absolute Gasteiger partial charge is 0.120 e. The zero-order chi connectivity index (χ0) is 7.61. The molecular formula is C7H11N3. The van der Waals surface area contributed by atoms with E-state index in [4.69, 9.17) is 0 Å². The van der Waals surface area contributed by atoms with Crippen molar-refractivity contribution in [2.24, 2.45) is 15.5 Å². The summed E-state index contributed by atoms with van der Waals surface area (Å²) in [4.78, 5) is 3.98. The number of hydrogen-bond acceptors (Lipinski definition) is 3. The van der Waals surface area contributed by atoms with Gasteiger partial charge in [-0.1, -0.05) is 20.8 Å². The molecule has 0 aromatic heterocycles. The van der Waals surface area contributed by atoms with Crippen LogP contribution < -0.4 is 5.43 Å². The van der Waals surface area contributed by atoms with Crippen molar-refractivity contribution < 1.29 is 0 Å². The van der Waals surface area contributed by atoms with E-state index >= 15 is 0 Å². The summed E-state index contributed by atoms with van der Waals surface area (Å²) in [6, 6.07) is 2.51. The van der Waals surface area contributed by atoms with E-state index < -0.39 is 0 Å². The van der Waals surface area contributed by atoms with Gasteiger partial charge in [-0.2, -0.15) is 4.99 Å². The van der Waals surface area contributed by atoms with Crippen LogP contribution in [0, 0.1) is 5.41 Å². The molecule has 0 fully saturated rings. The van der Waals surface area contributed by atoms with Gasteiger partial charge in [-0.05, 0) is 0 Å². The molecule has 1 N–H and O–H groups in total. The molecule has 54 valence electrons. The van der Waals surface area contributed by atoms with Gasteiger partial charge in [-0.3, -0.25) is 5.43 Å². The Morgan fingerprint density at radius 2 is 2.20 bits per heavy atom. The molecule has 0 atom stereocenters. The number of allylic oxidation sites excluding steroid dienone is 1. The number of rotatable bonds is 0. The Kier molecular flexibility index (Phi) is 1.60. The van der Waals surface area contributed by atoms with Gasteiger partial charge in [0.2, 0.25) is 0 Å². The van der Waals surface area contributed by atoms with Crippen LogP contribution in [0.3, 0.4) is 0 Å². The number of nitrogens with one attached hydrogen (secondary N) is 1. The average Bonchev–Trinajstić information content (AvgIpc) is 1.88. The first-order chi connectivity index (χ1) is 4.61. The largest absolute Gasteiger partial charge is 0.274 e. The first-order valence-electron chi connectivity index (χ1n) is 3.22. The van der Waals surface area contributed by atoms with Gasteiger partial charge < -0.3 is 0 Å². The topological polar surface area (TPSA) is 36.8 Å². The Morgan fingerprint density at radius 3 is 2.50 bits per heavy atom. The van der Waals surface area contributed by atoms with E-state index in [9.17, 15) is 0 Å². The summed E-state index contributed by atoms with van der Waals surface area (Å²) in [7, 11) is 0. The summed E-state index contributed by atoms with van der Waals surface area (Å²) < 4.78 is 0. The minimum atomic E-state index is 0.0793. The molecule has 0 bridgehead atoms. The maximum Gasteiger partial charge on any atom is 0.120 e. The van der Waals surface area contributed by atoms with Gasteiger partial charge in [0.25, 0.3) is 0 Å². The summed E-state index contributed by atoms with van der Waals surface area (Å²) in [5.41, 5.74) is 3.75. The summed E-state index contributed by atoms with van der Waals surface area (Å²) in [5, 5.41) is 3.60. The zero-order valence-corrected chi connectivity index (χ0v) is 6.47. The molecule has 0 saturated carbocycles. The third-order valence-electron chi connectivity index (χ3n) is 1.25. The van der Waals surface area contributed by atoms with Crippen molar-refractivity contribution in [2.75, 3.05) is 0 Å². The minimum Gasteiger partial charge on any atom is -0.274 e. The predicted octanol–water partition coefficient (Wildman–Crippen LogP) is 1.57. The second-order valence-electron chi connectivity index (χ2n) is 3.23. The lowest BCUT2D eigenvalue weighted by Crippen LogP contribution is -2.12. The molecule has 1 aliphatic rings. The van der Waals surface area contributed by atoms with Crippen molar-refractivity contribution in [2.45, 2.75) is 20.8 Å². The molecule has 0 aromatic rings. The quantitative estimate of drug-likeness (QED) is 0.540. The maximum absolute atomic E-state index is 3.98. The van der Waals surface area contributed by atoms with Crippen LogP contribution in [0.2, 0.25) is 0 Å². The Hall–Kier alpha value is -1.08. The minimum absolute atomic E-state index is 0.0793. The molecule has 1 aliphatic heterocycles. The van der Waals surface area contributed by atoms with Crippen molar-refractivity contribution in [3.8, 4) is 0 Å². The van der Waals surface area contributed by atoms with E-state index in [1.807, 2.05) is 0 Å². The summed E-state index contributed by atoms with van der Waals surface area (Å²) in [6.07, 6.45) is 1.79. The first-order valence-corrected chi connectivity index (χ1v) is 3.22. The number of aliphatic imine (C=N–C) groups is 1. The van der Waals surface area contributed by atoms with Gasteiger partial charge >= 0.3 is 0 Å². The van der Waals surface area contributed by atoms with E-state index in [2.05, 4.69) is 42.3 Å². The summed E-state index contributed by atoms with van der Waals surface area (Å²) in [5.74, 6) is 0. The fraction of sp³-hybridized carbons (Fsp3) is 0.571. The number of hydrazone groups is 1. The van der Waals surface area contributed by atoms with Gasteiger partial charge in [0, 0.05) is 11.6 Å². The van der Waals surface area contributed by atoms with Gasteiger partial charge in [0.05, 0.1) is 5.70 Å². The Balaban J connectivity index is 2.85. The van der Waals surface area contributed by atoms with Gasteiger partial charge in [-0.15, -0.1) is 5.10 Å². The Labute approximate surface area is 60.5 Å². The van der Waals surface area contributed by atoms with Crippen LogP contribution in [-0.2, 0) is 0 Å². The van der Waals surface area contributed by atoms with Crippen LogP contribution >= 0.6 is 0 Å².